The molecule has 0 aliphatic carbocycles. The van der Waals surface area contributed by atoms with Crippen LogP contribution in [0.5, 0.6) is 0 Å². The van der Waals surface area contributed by atoms with Gasteiger partial charge in [-0.05, 0) is 30.8 Å². The Morgan fingerprint density at radius 2 is 2.05 bits per heavy atom. The van der Waals surface area contributed by atoms with E-state index in [4.69, 9.17) is 5.73 Å². The van der Waals surface area contributed by atoms with Crippen molar-refractivity contribution >= 4 is 5.69 Å². The van der Waals surface area contributed by atoms with Gasteiger partial charge < -0.3 is 15.2 Å². The van der Waals surface area contributed by atoms with Gasteiger partial charge in [0.1, 0.15) is 0 Å². The number of likely N-dealkylation sites (N-methyl/N-ethyl adjacent to an activating group) is 1. The average molecular weight is 257 g/mol. The molecule has 4 nitrogen and oxygen atoms in total. The number of nitrogen functional groups attached to an aromatic ring is 1. The van der Waals surface area contributed by atoms with Crippen LogP contribution < -0.4 is 11.3 Å². The van der Waals surface area contributed by atoms with Crippen LogP contribution in [0, 0.1) is 0 Å². The lowest BCUT2D eigenvalue weighted by molar-refractivity contribution is 0.310. The largest absolute Gasteiger partial charge is 0.399 e. The van der Waals surface area contributed by atoms with Crippen LogP contribution in [0.3, 0.4) is 0 Å². The summed E-state index contributed by atoms with van der Waals surface area (Å²) in [5.41, 5.74) is 7.76. The summed E-state index contributed by atoms with van der Waals surface area (Å²) >= 11 is 0. The highest BCUT2D eigenvalue weighted by Crippen LogP contribution is 2.08. The number of pyridine rings is 1. The first-order valence-electron chi connectivity index (χ1n) is 6.33. The normalized spacial score (nSPS) is 10.8. The maximum atomic E-state index is 11.6. The molecule has 2 rings (SSSR count). The zero-order chi connectivity index (χ0) is 13.7. The van der Waals surface area contributed by atoms with Gasteiger partial charge in [0, 0.05) is 37.6 Å². The van der Waals surface area contributed by atoms with Crippen molar-refractivity contribution in [3.63, 3.8) is 0 Å². The number of benzene rings is 1. The molecule has 2 N–H and O–H groups in total. The second kappa shape index (κ2) is 6.20. The standard InChI is InChI=1S/C15H19N3O/c1-17(12-13-5-4-6-14(16)11-13)9-10-18-8-3-2-7-15(18)19/h2-8,11H,9-10,12,16H2,1H3. The van der Waals surface area contributed by atoms with E-state index in [1.165, 1.54) is 5.56 Å². The highest BCUT2D eigenvalue weighted by molar-refractivity contribution is 5.40. The van der Waals surface area contributed by atoms with Gasteiger partial charge in [-0.15, -0.1) is 0 Å². The second-order valence-electron chi connectivity index (χ2n) is 4.72. The molecule has 0 saturated heterocycles. The third-order valence-electron chi connectivity index (χ3n) is 3.03. The lowest BCUT2D eigenvalue weighted by Crippen LogP contribution is -2.27. The van der Waals surface area contributed by atoms with E-state index in [1.54, 1.807) is 16.7 Å². The third kappa shape index (κ3) is 3.96. The van der Waals surface area contributed by atoms with Crippen LogP contribution in [0.1, 0.15) is 5.56 Å². The molecule has 0 atom stereocenters. The van der Waals surface area contributed by atoms with Crippen LogP contribution in [0.2, 0.25) is 0 Å². The number of anilines is 1. The van der Waals surface area contributed by atoms with Crippen LogP contribution >= 0.6 is 0 Å². The molecule has 0 amide bonds. The van der Waals surface area contributed by atoms with Crippen molar-refractivity contribution in [2.45, 2.75) is 13.1 Å². The number of nitrogens with two attached hydrogens (primary N) is 1. The van der Waals surface area contributed by atoms with Gasteiger partial charge >= 0.3 is 0 Å². The summed E-state index contributed by atoms with van der Waals surface area (Å²) in [4.78, 5) is 13.7. The SMILES string of the molecule is CN(CCn1ccccc1=O)Cc1cccc(N)c1. The fourth-order valence-corrected chi connectivity index (χ4v) is 2.01. The number of hydrogen-bond acceptors (Lipinski definition) is 3. The van der Waals surface area contributed by atoms with E-state index in [-0.39, 0.29) is 5.56 Å². The van der Waals surface area contributed by atoms with Crippen LogP contribution in [0.15, 0.2) is 53.5 Å². The van der Waals surface area contributed by atoms with Gasteiger partial charge in [0.05, 0.1) is 0 Å². The van der Waals surface area contributed by atoms with E-state index in [9.17, 15) is 4.79 Å². The fourth-order valence-electron chi connectivity index (χ4n) is 2.01. The van der Waals surface area contributed by atoms with Crippen molar-refractivity contribution in [3.05, 3.63) is 64.6 Å². The molecule has 2 aromatic rings. The van der Waals surface area contributed by atoms with Crippen LogP contribution in [-0.2, 0) is 13.1 Å². The smallest absolute Gasteiger partial charge is 0.250 e. The minimum Gasteiger partial charge on any atom is -0.399 e. The van der Waals surface area contributed by atoms with E-state index < -0.39 is 0 Å². The molecular formula is C15H19N3O. The van der Waals surface area contributed by atoms with Gasteiger partial charge in [-0.1, -0.05) is 18.2 Å². The Morgan fingerprint density at radius 1 is 1.21 bits per heavy atom. The van der Waals surface area contributed by atoms with Crippen molar-refractivity contribution in [2.24, 2.45) is 0 Å². The summed E-state index contributed by atoms with van der Waals surface area (Å²) in [5, 5.41) is 0. The van der Waals surface area contributed by atoms with Gasteiger partial charge in [0.2, 0.25) is 0 Å². The van der Waals surface area contributed by atoms with E-state index in [0.717, 1.165) is 18.8 Å². The number of hydrogen-bond donors (Lipinski definition) is 1. The first-order chi connectivity index (χ1) is 9.15. The van der Waals surface area contributed by atoms with Gasteiger partial charge in [-0.3, -0.25) is 4.79 Å². The molecule has 100 valence electrons. The zero-order valence-electron chi connectivity index (χ0n) is 11.1. The van der Waals surface area contributed by atoms with Crippen LogP contribution in [0.4, 0.5) is 5.69 Å². The monoisotopic (exact) mass is 257 g/mol. The van der Waals surface area contributed by atoms with Crippen LogP contribution in [-0.4, -0.2) is 23.1 Å². The highest BCUT2D eigenvalue weighted by Gasteiger charge is 2.02. The molecule has 0 aliphatic rings. The lowest BCUT2D eigenvalue weighted by Gasteiger charge is -2.17. The number of nitrogens with zero attached hydrogens (tertiary/aromatic N) is 2. The summed E-state index contributed by atoms with van der Waals surface area (Å²) in [6, 6.07) is 13.1. The molecule has 1 aromatic heterocycles. The first-order valence-corrected chi connectivity index (χ1v) is 6.33. The van der Waals surface area contributed by atoms with Crippen molar-refractivity contribution < 1.29 is 0 Å². The van der Waals surface area contributed by atoms with Crippen LogP contribution in [0.25, 0.3) is 0 Å². The van der Waals surface area contributed by atoms with Gasteiger partial charge in [0.25, 0.3) is 5.56 Å². The number of rotatable bonds is 5. The minimum absolute atomic E-state index is 0.0415. The fraction of sp³-hybridized carbons (Fsp3) is 0.267. The Morgan fingerprint density at radius 3 is 2.79 bits per heavy atom. The topological polar surface area (TPSA) is 51.3 Å². The maximum Gasteiger partial charge on any atom is 0.250 e. The quantitative estimate of drug-likeness (QED) is 0.827. The van der Waals surface area contributed by atoms with Crippen molar-refractivity contribution in [3.8, 4) is 0 Å². The summed E-state index contributed by atoms with van der Waals surface area (Å²) < 4.78 is 1.72. The van der Waals surface area contributed by atoms with Crippen molar-refractivity contribution in [2.75, 3.05) is 19.3 Å². The molecule has 0 spiro atoms. The minimum atomic E-state index is 0.0415. The number of aromatic nitrogens is 1. The second-order valence-corrected chi connectivity index (χ2v) is 4.72. The first kappa shape index (κ1) is 13.4. The van der Waals surface area contributed by atoms with Gasteiger partial charge in [-0.25, -0.2) is 0 Å². The Labute approximate surface area is 113 Å². The molecule has 19 heavy (non-hydrogen) atoms. The molecule has 4 heteroatoms. The van der Waals surface area contributed by atoms with E-state index in [0.29, 0.717) is 6.54 Å². The molecule has 0 aliphatic heterocycles. The molecule has 1 aromatic carbocycles. The molecule has 0 radical (unpaired) electrons. The lowest BCUT2D eigenvalue weighted by atomic mass is 10.2. The van der Waals surface area contributed by atoms with Gasteiger partial charge in [0.15, 0.2) is 0 Å². The summed E-state index contributed by atoms with van der Waals surface area (Å²) in [6.45, 7) is 2.34. The Balaban J connectivity index is 1.90. The van der Waals surface area contributed by atoms with E-state index in [1.807, 2.05) is 37.5 Å². The molecule has 1 heterocycles. The Bertz CT molecular complexity index is 592. The summed E-state index contributed by atoms with van der Waals surface area (Å²) in [6.07, 6.45) is 1.82. The molecule has 0 unspecified atom stereocenters. The Hall–Kier alpha value is -2.07. The molecule has 0 bridgehead atoms. The van der Waals surface area contributed by atoms with Gasteiger partial charge in [-0.2, -0.15) is 0 Å². The zero-order valence-corrected chi connectivity index (χ0v) is 11.1. The Kier molecular flexibility index (Phi) is 4.36. The predicted molar refractivity (Wildman–Crippen MR) is 77.9 cm³/mol. The molecule has 0 fully saturated rings. The van der Waals surface area contributed by atoms with E-state index >= 15 is 0 Å². The average Bonchev–Trinajstić information content (AvgIpc) is 2.38. The van der Waals surface area contributed by atoms with Crippen molar-refractivity contribution in [1.82, 2.24) is 9.47 Å². The molecule has 0 saturated carbocycles. The third-order valence-corrected chi connectivity index (χ3v) is 3.03. The summed E-state index contributed by atoms with van der Waals surface area (Å²) in [7, 11) is 2.04. The van der Waals surface area contributed by atoms with Crippen molar-refractivity contribution in [1.29, 1.82) is 0 Å². The highest BCUT2D eigenvalue weighted by atomic mass is 16.1. The maximum absolute atomic E-state index is 11.6. The van der Waals surface area contributed by atoms with E-state index in [2.05, 4.69) is 11.0 Å². The summed E-state index contributed by atoms with van der Waals surface area (Å²) in [5.74, 6) is 0. The molecular weight excluding hydrogens is 238 g/mol. The predicted octanol–water partition coefficient (Wildman–Crippen LogP) is 1.56.